The lowest BCUT2D eigenvalue weighted by Crippen LogP contribution is -2.62. The topological polar surface area (TPSA) is 83.7 Å². The molecule has 2 aliphatic rings. The molecule has 4 rings (SSSR count). The Labute approximate surface area is 176 Å². The van der Waals surface area contributed by atoms with Gasteiger partial charge in [-0.05, 0) is 61.3 Å². The number of amides is 1. The summed E-state index contributed by atoms with van der Waals surface area (Å²) in [7, 11) is -3.50. The van der Waals surface area contributed by atoms with E-state index in [1.165, 1.54) is 4.31 Å². The van der Waals surface area contributed by atoms with Gasteiger partial charge in [-0.2, -0.15) is 4.31 Å². The minimum atomic E-state index is -3.50. The van der Waals surface area contributed by atoms with E-state index in [0.29, 0.717) is 23.0 Å². The summed E-state index contributed by atoms with van der Waals surface area (Å²) >= 11 is 6.04. The van der Waals surface area contributed by atoms with Crippen molar-refractivity contribution in [2.24, 2.45) is 11.7 Å². The van der Waals surface area contributed by atoms with Crippen molar-refractivity contribution in [2.45, 2.75) is 23.8 Å². The molecule has 2 saturated heterocycles. The number of benzene rings is 2. The summed E-state index contributed by atoms with van der Waals surface area (Å²) in [4.78, 5) is 13.9. The van der Waals surface area contributed by atoms with Gasteiger partial charge < -0.3 is 5.73 Å². The number of hydrogen-bond donors (Lipinski definition) is 1. The number of piperidine rings is 1. The minimum absolute atomic E-state index is 0.0517. The zero-order valence-corrected chi connectivity index (χ0v) is 17.6. The Morgan fingerprint density at radius 2 is 1.66 bits per heavy atom. The summed E-state index contributed by atoms with van der Waals surface area (Å²) < 4.78 is 27.3. The molecule has 8 heteroatoms. The Morgan fingerprint density at radius 1 is 1.00 bits per heavy atom. The van der Waals surface area contributed by atoms with Crippen molar-refractivity contribution in [1.82, 2.24) is 9.21 Å². The number of rotatable bonds is 5. The van der Waals surface area contributed by atoms with Crippen LogP contribution in [0.1, 0.15) is 12.8 Å². The van der Waals surface area contributed by atoms with Gasteiger partial charge in [-0.3, -0.25) is 9.69 Å². The summed E-state index contributed by atoms with van der Waals surface area (Å²) in [6.07, 6.45) is 1.51. The van der Waals surface area contributed by atoms with E-state index < -0.39 is 10.0 Å². The molecule has 0 radical (unpaired) electrons. The average molecular weight is 434 g/mol. The van der Waals surface area contributed by atoms with Gasteiger partial charge in [0.05, 0.1) is 4.90 Å². The summed E-state index contributed by atoms with van der Waals surface area (Å²) in [6.45, 7) is 2.56. The van der Waals surface area contributed by atoms with Crippen LogP contribution in [0.2, 0.25) is 5.02 Å². The third-order valence-electron chi connectivity index (χ3n) is 5.93. The lowest BCUT2D eigenvalue weighted by molar-refractivity contribution is -0.123. The van der Waals surface area contributed by atoms with Crippen LogP contribution in [0.25, 0.3) is 11.1 Å². The Hall–Kier alpha value is -1.93. The Morgan fingerprint density at radius 3 is 2.24 bits per heavy atom. The van der Waals surface area contributed by atoms with Crippen LogP contribution in [0.5, 0.6) is 0 Å². The molecule has 0 atom stereocenters. The number of hydrogen-bond acceptors (Lipinski definition) is 4. The molecule has 0 spiro atoms. The summed E-state index contributed by atoms with van der Waals surface area (Å²) in [6, 6.07) is 14.6. The number of halogens is 1. The highest BCUT2D eigenvalue weighted by Crippen LogP contribution is 2.29. The summed E-state index contributed by atoms with van der Waals surface area (Å²) in [5.41, 5.74) is 7.25. The second kappa shape index (κ2) is 8.07. The SMILES string of the molecule is NC(=O)C1CCN(C2CN(S(=O)(=O)c3ccc(-c4cccc(Cl)c4)cc3)C2)CC1. The third-order valence-corrected chi connectivity index (χ3v) is 8.01. The van der Waals surface area contributed by atoms with Crippen LogP contribution >= 0.6 is 11.6 Å². The van der Waals surface area contributed by atoms with Gasteiger partial charge in [0.15, 0.2) is 0 Å². The quantitative estimate of drug-likeness (QED) is 0.785. The highest BCUT2D eigenvalue weighted by molar-refractivity contribution is 7.89. The first-order valence-corrected chi connectivity index (χ1v) is 11.6. The fourth-order valence-corrected chi connectivity index (χ4v) is 5.73. The molecule has 2 heterocycles. The first-order chi connectivity index (χ1) is 13.8. The van der Waals surface area contributed by atoms with Crippen LogP contribution in [0.4, 0.5) is 0 Å². The van der Waals surface area contributed by atoms with Crippen LogP contribution in [0, 0.1) is 5.92 Å². The summed E-state index contributed by atoms with van der Waals surface area (Å²) in [5, 5.41) is 0.644. The smallest absolute Gasteiger partial charge is 0.243 e. The van der Waals surface area contributed by atoms with Crippen molar-refractivity contribution in [3.8, 4) is 11.1 Å². The molecule has 1 amide bonds. The number of sulfonamides is 1. The molecule has 2 aromatic carbocycles. The second-order valence-corrected chi connectivity index (χ2v) is 10.1. The van der Waals surface area contributed by atoms with Crippen LogP contribution < -0.4 is 5.73 Å². The standard InChI is InChI=1S/C21H24ClN3O3S/c22-18-3-1-2-17(12-18)15-4-6-20(7-5-15)29(27,28)25-13-19(14-25)24-10-8-16(9-11-24)21(23)26/h1-7,12,16,19H,8-11,13-14H2,(H2,23,26). The molecule has 29 heavy (non-hydrogen) atoms. The predicted molar refractivity (Wildman–Crippen MR) is 113 cm³/mol. The van der Waals surface area contributed by atoms with Crippen molar-refractivity contribution in [1.29, 1.82) is 0 Å². The van der Waals surface area contributed by atoms with E-state index in [2.05, 4.69) is 4.90 Å². The molecule has 0 saturated carbocycles. The first kappa shape index (κ1) is 20.3. The largest absolute Gasteiger partial charge is 0.369 e. The average Bonchev–Trinajstić information content (AvgIpc) is 2.67. The molecule has 0 aliphatic carbocycles. The number of nitrogens with zero attached hydrogens (tertiary/aromatic N) is 2. The molecule has 0 bridgehead atoms. The van der Waals surface area contributed by atoms with Crippen molar-refractivity contribution in [2.75, 3.05) is 26.2 Å². The first-order valence-electron chi connectivity index (χ1n) is 9.74. The normalized spacial score (nSPS) is 19.8. The van der Waals surface area contributed by atoms with Crippen molar-refractivity contribution >= 4 is 27.5 Å². The molecule has 154 valence electrons. The molecule has 0 unspecified atom stereocenters. The maximum absolute atomic E-state index is 12.9. The van der Waals surface area contributed by atoms with Gasteiger partial charge in [0.25, 0.3) is 0 Å². The second-order valence-electron chi connectivity index (χ2n) is 7.72. The molecule has 2 N–H and O–H groups in total. The number of primary amides is 1. The van der Waals surface area contributed by atoms with Crippen molar-refractivity contribution in [3.05, 3.63) is 53.6 Å². The lowest BCUT2D eigenvalue weighted by Gasteiger charge is -2.46. The van der Waals surface area contributed by atoms with Gasteiger partial charge in [0, 0.05) is 30.1 Å². The summed E-state index contributed by atoms with van der Waals surface area (Å²) in [5.74, 6) is -0.284. The van der Waals surface area contributed by atoms with E-state index in [-0.39, 0.29) is 17.9 Å². The lowest BCUT2D eigenvalue weighted by atomic mass is 9.94. The molecule has 2 aromatic rings. The zero-order valence-electron chi connectivity index (χ0n) is 16.0. The molecule has 0 aromatic heterocycles. The van der Waals surface area contributed by atoms with E-state index in [1.807, 2.05) is 30.3 Å². The third kappa shape index (κ3) is 4.19. The van der Waals surface area contributed by atoms with Crippen LogP contribution in [0.15, 0.2) is 53.4 Å². The highest BCUT2D eigenvalue weighted by Gasteiger charge is 2.40. The molecule has 6 nitrogen and oxygen atoms in total. The zero-order chi connectivity index (χ0) is 20.6. The maximum atomic E-state index is 12.9. The van der Waals surface area contributed by atoms with E-state index in [4.69, 9.17) is 17.3 Å². The fraction of sp³-hybridized carbons (Fsp3) is 0.381. The van der Waals surface area contributed by atoms with Gasteiger partial charge in [-0.25, -0.2) is 8.42 Å². The number of carbonyl (C=O) groups is 1. The van der Waals surface area contributed by atoms with E-state index >= 15 is 0 Å². The van der Waals surface area contributed by atoms with Crippen LogP contribution in [0.3, 0.4) is 0 Å². The van der Waals surface area contributed by atoms with Crippen molar-refractivity contribution < 1.29 is 13.2 Å². The molecular formula is C21H24ClN3O3S. The van der Waals surface area contributed by atoms with Gasteiger partial charge in [0.2, 0.25) is 15.9 Å². The fourth-order valence-electron chi connectivity index (χ4n) is 4.03. The molecule has 2 aliphatic heterocycles. The highest BCUT2D eigenvalue weighted by atomic mass is 35.5. The van der Waals surface area contributed by atoms with Gasteiger partial charge >= 0.3 is 0 Å². The number of nitrogens with two attached hydrogens (primary N) is 1. The van der Waals surface area contributed by atoms with E-state index in [9.17, 15) is 13.2 Å². The predicted octanol–water partition coefficient (Wildman–Crippen LogP) is 2.58. The number of likely N-dealkylation sites (tertiary alicyclic amines) is 1. The Bertz CT molecular complexity index is 996. The minimum Gasteiger partial charge on any atom is -0.369 e. The number of carbonyl (C=O) groups excluding carboxylic acids is 1. The van der Waals surface area contributed by atoms with Gasteiger partial charge in [0.1, 0.15) is 0 Å². The van der Waals surface area contributed by atoms with Crippen LogP contribution in [-0.4, -0.2) is 55.8 Å². The van der Waals surface area contributed by atoms with Gasteiger partial charge in [-0.1, -0.05) is 35.9 Å². The van der Waals surface area contributed by atoms with Crippen LogP contribution in [-0.2, 0) is 14.8 Å². The molecule has 2 fully saturated rings. The monoisotopic (exact) mass is 433 g/mol. The maximum Gasteiger partial charge on any atom is 0.243 e. The molecular weight excluding hydrogens is 410 g/mol. The Balaban J connectivity index is 1.38. The van der Waals surface area contributed by atoms with E-state index in [1.54, 1.807) is 18.2 Å². The van der Waals surface area contributed by atoms with Gasteiger partial charge in [-0.15, -0.1) is 0 Å². The Kier molecular flexibility index (Phi) is 5.66. The van der Waals surface area contributed by atoms with E-state index in [0.717, 1.165) is 37.1 Å². The van der Waals surface area contributed by atoms with Crippen molar-refractivity contribution in [3.63, 3.8) is 0 Å².